The van der Waals surface area contributed by atoms with Crippen molar-refractivity contribution in [3.8, 4) is 0 Å². The summed E-state index contributed by atoms with van der Waals surface area (Å²) in [6, 6.07) is 7.84. The lowest BCUT2D eigenvalue weighted by atomic mass is 9.86. The Morgan fingerprint density at radius 2 is 1.82 bits per heavy atom. The minimum atomic E-state index is -0.258. The minimum absolute atomic E-state index is 0.0139. The zero-order valence-electron chi connectivity index (χ0n) is 17.4. The monoisotopic (exact) mass is 382 g/mol. The fourth-order valence-electron chi connectivity index (χ4n) is 3.65. The van der Waals surface area contributed by atoms with Crippen LogP contribution in [0.5, 0.6) is 0 Å². The van der Waals surface area contributed by atoms with Gasteiger partial charge in [-0.05, 0) is 50.2 Å². The van der Waals surface area contributed by atoms with Crippen LogP contribution in [0.1, 0.15) is 79.8 Å². The fraction of sp³-hybridized carbons (Fsp3) is 0.500. The van der Waals surface area contributed by atoms with E-state index < -0.39 is 0 Å². The molecule has 1 aliphatic rings. The molecule has 0 fully saturated rings. The summed E-state index contributed by atoms with van der Waals surface area (Å²) < 4.78 is 1.91. The van der Waals surface area contributed by atoms with Crippen LogP contribution in [0.3, 0.4) is 0 Å². The topological polar surface area (TPSA) is 76.0 Å². The van der Waals surface area contributed by atoms with Gasteiger partial charge < -0.3 is 15.2 Å². The van der Waals surface area contributed by atoms with Crippen molar-refractivity contribution in [3.63, 3.8) is 0 Å². The first-order valence-electron chi connectivity index (χ1n) is 9.99. The summed E-state index contributed by atoms with van der Waals surface area (Å²) in [5.41, 5.74) is 2.96. The first-order chi connectivity index (χ1) is 13.2. The van der Waals surface area contributed by atoms with Gasteiger partial charge in [0, 0.05) is 18.3 Å². The zero-order chi connectivity index (χ0) is 20.5. The van der Waals surface area contributed by atoms with Crippen LogP contribution < -0.4 is 10.6 Å². The molecular weight excluding hydrogens is 352 g/mol. The maximum atomic E-state index is 13.1. The number of carbonyl (C=O) groups is 2. The summed E-state index contributed by atoms with van der Waals surface area (Å²) >= 11 is 0. The SMILES string of the molecule is CC(C)NC(=O)c1nc(C(=O)Nc2ccccc2C(C)(C)C)c2n1CCCC2. The Morgan fingerprint density at radius 3 is 2.50 bits per heavy atom. The van der Waals surface area contributed by atoms with Gasteiger partial charge in [0.2, 0.25) is 0 Å². The standard InChI is InChI=1S/C22H30N4O2/c1-14(2)23-21(28)19-25-18(17-12-8-9-13-26(17)19)20(27)24-16-11-7-6-10-15(16)22(3,4)5/h6-7,10-11,14H,8-9,12-13H2,1-5H3,(H,23,28)(H,24,27). The van der Waals surface area contributed by atoms with Crippen molar-refractivity contribution in [1.82, 2.24) is 14.9 Å². The molecule has 0 radical (unpaired) electrons. The van der Waals surface area contributed by atoms with Crippen LogP contribution in [0.2, 0.25) is 0 Å². The Kier molecular flexibility index (Phi) is 5.59. The zero-order valence-corrected chi connectivity index (χ0v) is 17.4. The number of hydrogen-bond acceptors (Lipinski definition) is 3. The molecule has 6 nitrogen and oxygen atoms in total. The molecule has 150 valence electrons. The molecule has 2 N–H and O–H groups in total. The van der Waals surface area contributed by atoms with Gasteiger partial charge in [-0.2, -0.15) is 0 Å². The van der Waals surface area contributed by atoms with Gasteiger partial charge in [-0.15, -0.1) is 0 Å². The lowest BCUT2D eigenvalue weighted by molar-refractivity contribution is 0.0927. The molecule has 2 amide bonds. The minimum Gasteiger partial charge on any atom is -0.347 e. The number of rotatable bonds is 4. The Hall–Kier alpha value is -2.63. The Bertz CT molecular complexity index is 890. The van der Waals surface area contributed by atoms with Crippen LogP contribution in [0.4, 0.5) is 5.69 Å². The van der Waals surface area contributed by atoms with Crippen molar-refractivity contribution >= 4 is 17.5 Å². The molecule has 3 rings (SSSR count). The smallest absolute Gasteiger partial charge is 0.287 e. The number of carbonyl (C=O) groups excluding carboxylic acids is 2. The summed E-state index contributed by atoms with van der Waals surface area (Å²) in [7, 11) is 0. The van der Waals surface area contributed by atoms with Crippen molar-refractivity contribution in [3.05, 3.63) is 47.0 Å². The predicted molar refractivity (Wildman–Crippen MR) is 111 cm³/mol. The number of imidazole rings is 1. The fourth-order valence-corrected chi connectivity index (χ4v) is 3.65. The lowest BCUT2D eigenvalue weighted by Gasteiger charge is -2.23. The molecule has 0 atom stereocenters. The highest BCUT2D eigenvalue weighted by Crippen LogP contribution is 2.30. The Balaban J connectivity index is 1.95. The van der Waals surface area contributed by atoms with E-state index in [1.54, 1.807) is 0 Å². The maximum Gasteiger partial charge on any atom is 0.287 e. The molecule has 0 saturated carbocycles. The van der Waals surface area contributed by atoms with E-state index in [9.17, 15) is 9.59 Å². The predicted octanol–water partition coefficient (Wildman–Crippen LogP) is 3.91. The van der Waals surface area contributed by atoms with Crippen molar-refractivity contribution in [2.24, 2.45) is 0 Å². The molecule has 1 aromatic carbocycles. The molecule has 0 bridgehead atoms. The Morgan fingerprint density at radius 1 is 1.11 bits per heavy atom. The van der Waals surface area contributed by atoms with Crippen LogP contribution in [-0.4, -0.2) is 27.4 Å². The van der Waals surface area contributed by atoms with Gasteiger partial charge in [-0.25, -0.2) is 4.98 Å². The number of aromatic nitrogens is 2. The average molecular weight is 383 g/mol. The molecule has 0 saturated heterocycles. The van der Waals surface area contributed by atoms with Gasteiger partial charge >= 0.3 is 0 Å². The highest BCUT2D eigenvalue weighted by molar-refractivity contribution is 6.05. The largest absolute Gasteiger partial charge is 0.347 e. The van der Waals surface area contributed by atoms with Crippen LogP contribution in [0.15, 0.2) is 24.3 Å². The highest BCUT2D eigenvalue weighted by atomic mass is 16.2. The van der Waals surface area contributed by atoms with E-state index in [0.717, 1.165) is 42.8 Å². The van der Waals surface area contributed by atoms with Crippen molar-refractivity contribution < 1.29 is 9.59 Å². The first kappa shape index (κ1) is 20.1. The third-order valence-corrected chi connectivity index (χ3v) is 4.94. The number of benzene rings is 1. The van der Waals surface area contributed by atoms with E-state index in [2.05, 4.69) is 36.4 Å². The maximum absolute atomic E-state index is 13.1. The highest BCUT2D eigenvalue weighted by Gasteiger charge is 2.28. The number of hydrogen-bond donors (Lipinski definition) is 2. The number of anilines is 1. The van der Waals surface area contributed by atoms with E-state index in [0.29, 0.717) is 11.5 Å². The van der Waals surface area contributed by atoms with E-state index in [4.69, 9.17) is 0 Å². The van der Waals surface area contributed by atoms with Crippen LogP contribution >= 0.6 is 0 Å². The molecule has 2 heterocycles. The number of fused-ring (bicyclic) bond motifs is 1. The molecule has 1 aliphatic heterocycles. The van der Waals surface area contributed by atoms with Crippen molar-refractivity contribution in [2.75, 3.05) is 5.32 Å². The molecule has 2 aromatic rings. The molecule has 0 spiro atoms. The number of nitrogens with zero attached hydrogens (tertiary/aromatic N) is 2. The summed E-state index contributed by atoms with van der Waals surface area (Å²) in [5.74, 6) is -0.157. The van der Waals surface area contributed by atoms with Crippen LogP contribution in [0, 0.1) is 0 Å². The summed E-state index contributed by atoms with van der Waals surface area (Å²) in [6.45, 7) is 10.9. The molecular formula is C22H30N4O2. The first-order valence-corrected chi connectivity index (χ1v) is 9.99. The van der Waals surface area contributed by atoms with Gasteiger partial charge in [0.05, 0.1) is 5.69 Å². The van der Waals surface area contributed by atoms with Gasteiger partial charge in [-0.3, -0.25) is 9.59 Å². The second kappa shape index (κ2) is 7.78. The second-order valence-electron chi connectivity index (χ2n) is 8.72. The summed E-state index contributed by atoms with van der Waals surface area (Å²) in [4.78, 5) is 30.2. The van der Waals surface area contributed by atoms with E-state index >= 15 is 0 Å². The summed E-state index contributed by atoms with van der Waals surface area (Å²) in [5, 5.41) is 5.92. The van der Waals surface area contributed by atoms with Gasteiger partial charge in [0.25, 0.3) is 11.8 Å². The normalized spacial score (nSPS) is 13.9. The van der Waals surface area contributed by atoms with Crippen LogP contribution in [-0.2, 0) is 18.4 Å². The van der Waals surface area contributed by atoms with Crippen molar-refractivity contribution in [1.29, 1.82) is 0 Å². The van der Waals surface area contributed by atoms with Crippen molar-refractivity contribution in [2.45, 2.75) is 71.9 Å². The number of nitrogens with one attached hydrogen (secondary N) is 2. The van der Waals surface area contributed by atoms with Gasteiger partial charge in [-0.1, -0.05) is 39.0 Å². The molecule has 0 aliphatic carbocycles. The van der Waals surface area contributed by atoms with E-state index in [1.807, 2.05) is 42.7 Å². The number of amides is 2. The third-order valence-electron chi connectivity index (χ3n) is 4.94. The average Bonchev–Trinajstić information content (AvgIpc) is 3.00. The quantitative estimate of drug-likeness (QED) is 0.842. The molecule has 1 aromatic heterocycles. The van der Waals surface area contributed by atoms with Gasteiger partial charge in [0.1, 0.15) is 0 Å². The van der Waals surface area contributed by atoms with Gasteiger partial charge in [0.15, 0.2) is 11.5 Å². The molecule has 28 heavy (non-hydrogen) atoms. The molecule has 6 heteroatoms. The number of para-hydroxylation sites is 1. The summed E-state index contributed by atoms with van der Waals surface area (Å²) in [6.07, 6.45) is 2.74. The van der Waals surface area contributed by atoms with Crippen LogP contribution in [0.25, 0.3) is 0 Å². The second-order valence-corrected chi connectivity index (χ2v) is 8.72. The van der Waals surface area contributed by atoms with E-state index in [1.165, 1.54) is 0 Å². The third kappa shape index (κ3) is 4.11. The Labute approximate surface area is 166 Å². The molecule has 0 unspecified atom stereocenters. The lowest BCUT2D eigenvalue weighted by Crippen LogP contribution is -2.33. The van der Waals surface area contributed by atoms with E-state index in [-0.39, 0.29) is 23.3 Å².